The highest BCUT2D eigenvalue weighted by Crippen LogP contribution is 2.39. The maximum absolute atomic E-state index is 12.5. The fraction of sp³-hybridized carbons (Fsp3) is 0.524. The summed E-state index contributed by atoms with van der Waals surface area (Å²) in [5.74, 6) is 1.57. The molecule has 2 aliphatic rings. The van der Waals surface area contributed by atoms with Gasteiger partial charge < -0.3 is 15.4 Å². The number of nitrogens with zero attached hydrogens (tertiary/aromatic N) is 1. The normalized spacial score (nSPS) is 20.6. The number of hydrogen-bond donors (Lipinski definition) is 2. The Labute approximate surface area is 164 Å². The van der Waals surface area contributed by atoms with Gasteiger partial charge in [0.2, 0.25) is 5.91 Å². The molecule has 1 unspecified atom stereocenters. The van der Waals surface area contributed by atoms with Gasteiger partial charge in [0.25, 0.3) is 0 Å². The average molecular weight is 386 g/mol. The topological polar surface area (TPSA) is 63.2 Å². The smallest absolute Gasteiger partial charge is 0.230 e. The van der Waals surface area contributed by atoms with Crippen LogP contribution < -0.4 is 15.4 Å². The molecule has 1 aromatic heterocycles. The van der Waals surface area contributed by atoms with Crippen molar-refractivity contribution in [2.75, 3.05) is 25.5 Å². The first-order valence-corrected chi connectivity index (χ1v) is 10.8. The second kappa shape index (κ2) is 8.40. The molecule has 144 valence electrons. The molecule has 2 aromatic rings. The van der Waals surface area contributed by atoms with E-state index in [1.807, 2.05) is 11.4 Å². The number of carbonyl (C=O) groups is 1. The molecule has 0 spiro atoms. The molecule has 1 saturated heterocycles. The molecular weight excluding hydrogens is 358 g/mol. The Morgan fingerprint density at radius 1 is 1.26 bits per heavy atom. The second-order valence-electron chi connectivity index (χ2n) is 7.51. The maximum Gasteiger partial charge on any atom is 0.230 e. The van der Waals surface area contributed by atoms with E-state index >= 15 is 0 Å². The molecule has 6 heteroatoms. The summed E-state index contributed by atoms with van der Waals surface area (Å²) in [6.07, 6.45) is 7.14. The third-order valence-corrected chi connectivity index (χ3v) is 6.49. The van der Waals surface area contributed by atoms with Crippen molar-refractivity contribution in [1.82, 2.24) is 10.3 Å². The number of amides is 1. The Balaban J connectivity index is 1.53. The molecule has 2 N–H and O–H groups in total. The van der Waals surface area contributed by atoms with E-state index in [1.165, 1.54) is 42.6 Å². The maximum atomic E-state index is 12.5. The molecule has 1 aromatic carbocycles. The molecule has 0 radical (unpaired) electrons. The fourth-order valence-corrected chi connectivity index (χ4v) is 4.89. The Morgan fingerprint density at radius 2 is 2.11 bits per heavy atom. The summed E-state index contributed by atoms with van der Waals surface area (Å²) in [6, 6.07) is 6.46. The number of hydrogen-bond acceptors (Lipinski definition) is 5. The number of benzene rings is 1. The van der Waals surface area contributed by atoms with E-state index in [1.54, 1.807) is 7.11 Å². The number of ether oxygens (including phenoxy) is 1. The van der Waals surface area contributed by atoms with Gasteiger partial charge in [0.05, 0.1) is 18.7 Å². The van der Waals surface area contributed by atoms with Crippen LogP contribution in [0.2, 0.25) is 0 Å². The van der Waals surface area contributed by atoms with Crippen molar-refractivity contribution in [2.24, 2.45) is 5.92 Å². The van der Waals surface area contributed by atoms with Crippen molar-refractivity contribution in [2.45, 2.75) is 44.4 Å². The molecule has 1 saturated carbocycles. The summed E-state index contributed by atoms with van der Waals surface area (Å²) in [7, 11) is 1.69. The number of piperidine rings is 1. The monoisotopic (exact) mass is 385 g/mol. The number of carbonyl (C=O) groups excluding carboxylic acids is 1. The van der Waals surface area contributed by atoms with E-state index in [9.17, 15) is 4.79 Å². The lowest BCUT2D eigenvalue weighted by Crippen LogP contribution is -2.37. The molecule has 5 nitrogen and oxygen atoms in total. The zero-order valence-corrected chi connectivity index (χ0v) is 16.6. The lowest BCUT2D eigenvalue weighted by atomic mass is 9.95. The zero-order valence-electron chi connectivity index (χ0n) is 15.8. The lowest BCUT2D eigenvalue weighted by molar-refractivity contribution is -0.120. The number of nitrogens with one attached hydrogen (secondary N) is 2. The Kier molecular flexibility index (Phi) is 5.74. The number of anilines is 1. The van der Waals surface area contributed by atoms with Crippen LogP contribution in [-0.4, -0.2) is 31.1 Å². The lowest BCUT2D eigenvalue weighted by Gasteiger charge is -2.21. The van der Waals surface area contributed by atoms with Crippen molar-refractivity contribution in [3.63, 3.8) is 0 Å². The van der Waals surface area contributed by atoms with Gasteiger partial charge in [-0.1, -0.05) is 18.9 Å². The highest BCUT2D eigenvalue weighted by atomic mass is 32.1. The van der Waals surface area contributed by atoms with Gasteiger partial charge in [0.15, 0.2) is 5.13 Å². The van der Waals surface area contributed by atoms with Crippen LogP contribution in [0.3, 0.4) is 0 Å². The van der Waals surface area contributed by atoms with E-state index in [-0.39, 0.29) is 11.8 Å². The van der Waals surface area contributed by atoms with Crippen LogP contribution in [-0.2, 0) is 4.79 Å². The Bertz CT molecular complexity index is 792. The van der Waals surface area contributed by atoms with Crippen LogP contribution in [0.4, 0.5) is 5.13 Å². The van der Waals surface area contributed by atoms with Gasteiger partial charge in [0.1, 0.15) is 5.75 Å². The van der Waals surface area contributed by atoms with Gasteiger partial charge in [-0.2, -0.15) is 0 Å². The van der Waals surface area contributed by atoms with Crippen LogP contribution >= 0.6 is 11.3 Å². The van der Waals surface area contributed by atoms with Crippen molar-refractivity contribution in [3.8, 4) is 17.0 Å². The predicted molar refractivity (Wildman–Crippen MR) is 110 cm³/mol. The van der Waals surface area contributed by atoms with E-state index in [2.05, 4.69) is 27.8 Å². The van der Waals surface area contributed by atoms with Gasteiger partial charge in [-0.25, -0.2) is 4.98 Å². The molecule has 0 bridgehead atoms. The summed E-state index contributed by atoms with van der Waals surface area (Å²) in [6.45, 7) is 1.75. The van der Waals surface area contributed by atoms with Crippen molar-refractivity contribution >= 4 is 22.4 Å². The molecule has 2 fully saturated rings. The highest BCUT2D eigenvalue weighted by molar-refractivity contribution is 7.14. The molecule has 1 aliphatic heterocycles. The average Bonchev–Trinajstić information content (AvgIpc) is 3.40. The standard InChI is InChI=1S/C21H27N3O2S/c1-26-19-9-8-15(14-5-2-3-6-14)11-17(19)18-13-27-21(23-18)24-20(25)16-7-4-10-22-12-16/h8-9,11,13-14,16,22H,2-7,10,12H2,1H3,(H,23,24,25). The molecule has 1 amide bonds. The molecule has 2 heterocycles. The minimum absolute atomic E-state index is 0.0336. The minimum Gasteiger partial charge on any atom is -0.496 e. The third kappa shape index (κ3) is 4.17. The Hall–Kier alpha value is -1.92. The summed E-state index contributed by atoms with van der Waals surface area (Å²) in [4.78, 5) is 17.1. The quantitative estimate of drug-likeness (QED) is 0.800. The first-order chi connectivity index (χ1) is 13.2. The summed E-state index contributed by atoms with van der Waals surface area (Å²) in [5.41, 5.74) is 3.25. The van der Waals surface area contributed by atoms with Crippen LogP contribution in [0, 0.1) is 5.92 Å². The molecule has 1 atom stereocenters. The Morgan fingerprint density at radius 3 is 2.85 bits per heavy atom. The van der Waals surface area contributed by atoms with Gasteiger partial charge in [-0.3, -0.25) is 4.79 Å². The summed E-state index contributed by atoms with van der Waals surface area (Å²) < 4.78 is 5.57. The number of thiazole rings is 1. The molecular formula is C21H27N3O2S. The zero-order chi connectivity index (χ0) is 18.6. The minimum atomic E-state index is 0.0336. The van der Waals surface area contributed by atoms with Crippen LogP contribution in [0.15, 0.2) is 23.6 Å². The van der Waals surface area contributed by atoms with Crippen molar-refractivity contribution in [1.29, 1.82) is 0 Å². The van der Waals surface area contributed by atoms with Crippen molar-refractivity contribution < 1.29 is 9.53 Å². The molecule has 4 rings (SSSR count). The van der Waals surface area contributed by atoms with Crippen LogP contribution in [0.25, 0.3) is 11.3 Å². The van der Waals surface area contributed by atoms with E-state index < -0.39 is 0 Å². The molecule has 1 aliphatic carbocycles. The summed E-state index contributed by atoms with van der Waals surface area (Å²) in [5, 5.41) is 8.95. The van der Waals surface area contributed by atoms with Gasteiger partial charge in [0, 0.05) is 17.5 Å². The number of aromatic nitrogens is 1. The largest absolute Gasteiger partial charge is 0.496 e. The van der Waals surface area contributed by atoms with Gasteiger partial charge >= 0.3 is 0 Å². The van der Waals surface area contributed by atoms with Gasteiger partial charge in [-0.15, -0.1) is 11.3 Å². The van der Waals surface area contributed by atoms with Gasteiger partial charge in [-0.05, 0) is 55.8 Å². The molecule has 27 heavy (non-hydrogen) atoms. The number of rotatable bonds is 5. The second-order valence-corrected chi connectivity index (χ2v) is 8.37. The first kappa shape index (κ1) is 18.4. The third-order valence-electron chi connectivity index (χ3n) is 5.73. The van der Waals surface area contributed by atoms with E-state index in [4.69, 9.17) is 4.74 Å². The van der Waals surface area contributed by atoms with Crippen LogP contribution in [0.1, 0.15) is 50.0 Å². The SMILES string of the molecule is COc1ccc(C2CCCC2)cc1-c1csc(NC(=O)C2CCCNC2)n1. The highest BCUT2D eigenvalue weighted by Gasteiger charge is 2.23. The first-order valence-electron chi connectivity index (χ1n) is 9.90. The van der Waals surface area contributed by atoms with Crippen LogP contribution in [0.5, 0.6) is 5.75 Å². The summed E-state index contributed by atoms with van der Waals surface area (Å²) >= 11 is 1.47. The van der Waals surface area contributed by atoms with Crippen molar-refractivity contribution in [3.05, 3.63) is 29.1 Å². The fourth-order valence-electron chi connectivity index (χ4n) is 4.18. The van der Waals surface area contributed by atoms with E-state index in [0.717, 1.165) is 42.9 Å². The van der Waals surface area contributed by atoms with E-state index in [0.29, 0.717) is 11.0 Å². The number of methoxy groups -OCH3 is 1. The predicted octanol–water partition coefficient (Wildman–Crippen LogP) is 4.41.